The lowest BCUT2D eigenvalue weighted by Gasteiger charge is -2.55. The van der Waals surface area contributed by atoms with Crippen molar-refractivity contribution in [2.24, 2.45) is 0 Å². The molecule has 186 valence electrons. The van der Waals surface area contributed by atoms with E-state index in [1.54, 1.807) is 24.0 Å². The van der Waals surface area contributed by atoms with Gasteiger partial charge in [0.2, 0.25) is 0 Å². The molecule has 5 nitrogen and oxygen atoms in total. The number of para-hydroxylation sites is 1. The Hall–Kier alpha value is -4.03. The van der Waals surface area contributed by atoms with Crippen molar-refractivity contribution in [2.45, 2.75) is 17.3 Å². The molecule has 1 aliphatic rings. The number of carbonyl (C=O) groups is 2. The molecule has 1 heterocycles. The van der Waals surface area contributed by atoms with Gasteiger partial charge in [0.1, 0.15) is 5.75 Å². The number of benzene rings is 4. The van der Waals surface area contributed by atoms with E-state index in [1.807, 2.05) is 115 Å². The minimum Gasteiger partial charge on any atom is -0.497 e. The molecule has 4 aromatic carbocycles. The zero-order valence-electron chi connectivity index (χ0n) is 20.8. The molecule has 2 amide bonds. The molecule has 6 heteroatoms. The number of β-lactam (4-membered cyclic amide) rings is 1. The maximum Gasteiger partial charge on any atom is 0.283 e. The molecule has 0 bridgehead atoms. The van der Waals surface area contributed by atoms with E-state index in [2.05, 4.69) is 0 Å². The third-order valence-corrected chi connectivity index (χ3v) is 8.11. The predicted octanol–water partition coefficient (Wildman–Crippen LogP) is 6.66. The maximum atomic E-state index is 14.2. The fourth-order valence-corrected chi connectivity index (χ4v) is 6.11. The number of amides is 2. The number of nitrogens with zero attached hydrogens (tertiary/aromatic N) is 2. The zero-order chi connectivity index (χ0) is 25.8. The second-order valence-electron chi connectivity index (χ2n) is 9.00. The van der Waals surface area contributed by atoms with E-state index in [1.165, 1.54) is 0 Å². The molecule has 0 radical (unpaired) electrons. The molecule has 2 atom stereocenters. The van der Waals surface area contributed by atoms with Crippen LogP contribution in [-0.4, -0.2) is 30.2 Å². The molecule has 0 spiro atoms. The summed E-state index contributed by atoms with van der Waals surface area (Å²) in [4.78, 5) is 31.4. The fraction of sp³-hybridized carbons (Fsp3) is 0.161. The van der Waals surface area contributed by atoms with E-state index in [9.17, 15) is 9.59 Å². The first-order valence-electron chi connectivity index (χ1n) is 12.1. The van der Waals surface area contributed by atoms with Crippen molar-refractivity contribution in [2.75, 3.05) is 19.1 Å². The van der Waals surface area contributed by atoms with Crippen LogP contribution in [-0.2, 0) is 16.1 Å². The Kier molecular flexibility index (Phi) is 7.01. The van der Waals surface area contributed by atoms with Gasteiger partial charge < -0.3 is 14.5 Å². The fourth-order valence-electron chi connectivity index (χ4n) is 4.82. The molecule has 1 saturated heterocycles. The Balaban J connectivity index is 1.58. The maximum absolute atomic E-state index is 14.2. The lowest BCUT2D eigenvalue weighted by molar-refractivity contribution is -0.128. The summed E-state index contributed by atoms with van der Waals surface area (Å²) in [6.45, 7) is 0.460. The van der Waals surface area contributed by atoms with Gasteiger partial charge in [-0.15, -0.1) is 0 Å². The molecule has 0 unspecified atom stereocenters. The van der Waals surface area contributed by atoms with Gasteiger partial charge in [0.05, 0.1) is 13.2 Å². The van der Waals surface area contributed by atoms with Crippen LogP contribution < -0.4 is 9.64 Å². The Bertz CT molecular complexity index is 1360. The number of thioether (sulfide) groups is 1. The highest BCUT2D eigenvalue weighted by Crippen LogP contribution is 2.60. The predicted molar refractivity (Wildman–Crippen MR) is 149 cm³/mol. The molecule has 0 aromatic heterocycles. The highest BCUT2D eigenvalue weighted by atomic mass is 32.2. The van der Waals surface area contributed by atoms with Crippen molar-refractivity contribution in [1.82, 2.24) is 4.90 Å². The quantitative estimate of drug-likeness (QED) is 0.262. The molecule has 4 aromatic rings. The summed E-state index contributed by atoms with van der Waals surface area (Å²) in [6, 6.07) is 36.5. The smallest absolute Gasteiger partial charge is 0.283 e. The van der Waals surface area contributed by atoms with Crippen LogP contribution in [0.4, 0.5) is 10.5 Å². The third kappa shape index (κ3) is 4.60. The molecular formula is C31H28N2O3S. The first-order valence-corrected chi connectivity index (χ1v) is 12.9. The van der Waals surface area contributed by atoms with Crippen LogP contribution in [0.3, 0.4) is 0 Å². The summed E-state index contributed by atoms with van der Waals surface area (Å²) in [5.74, 6) is 0.620. The van der Waals surface area contributed by atoms with Crippen molar-refractivity contribution in [3.05, 3.63) is 132 Å². The molecular weight excluding hydrogens is 480 g/mol. The number of hydrogen-bond acceptors (Lipinski definition) is 4. The lowest BCUT2D eigenvalue weighted by atomic mass is 9.76. The van der Waals surface area contributed by atoms with Gasteiger partial charge in [-0.25, -0.2) is 0 Å². The highest BCUT2D eigenvalue weighted by molar-refractivity contribution is 8.15. The van der Waals surface area contributed by atoms with Crippen molar-refractivity contribution >= 4 is 28.6 Å². The van der Waals surface area contributed by atoms with E-state index in [0.29, 0.717) is 6.54 Å². The average molecular weight is 509 g/mol. The normalized spacial score (nSPS) is 18.7. The van der Waals surface area contributed by atoms with Gasteiger partial charge in [0.25, 0.3) is 11.1 Å². The van der Waals surface area contributed by atoms with Crippen molar-refractivity contribution in [3.8, 4) is 5.75 Å². The Morgan fingerprint density at radius 3 is 2.03 bits per heavy atom. The van der Waals surface area contributed by atoms with E-state index in [4.69, 9.17) is 4.74 Å². The van der Waals surface area contributed by atoms with Crippen LogP contribution in [0.1, 0.15) is 22.7 Å². The van der Waals surface area contributed by atoms with Gasteiger partial charge >= 0.3 is 0 Å². The second-order valence-corrected chi connectivity index (χ2v) is 10.2. The molecule has 0 N–H and O–H groups in total. The second kappa shape index (κ2) is 10.5. The summed E-state index contributed by atoms with van der Waals surface area (Å²) in [5.41, 5.74) is 3.56. The van der Waals surface area contributed by atoms with Gasteiger partial charge in [-0.2, -0.15) is 0 Å². The minimum atomic E-state index is -1.12. The van der Waals surface area contributed by atoms with Crippen molar-refractivity contribution in [1.29, 1.82) is 0 Å². The number of hydrogen-bond donors (Lipinski definition) is 0. The van der Waals surface area contributed by atoms with E-state index >= 15 is 0 Å². The topological polar surface area (TPSA) is 49.9 Å². The summed E-state index contributed by atoms with van der Waals surface area (Å²) in [6.07, 6.45) is 0. The van der Waals surface area contributed by atoms with Crippen LogP contribution in [0.5, 0.6) is 5.75 Å². The Labute approximate surface area is 221 Å². The van der Waals surface area contributed by atoms with E-state index in [-0.39, 0.29) is 11.1 Å². The summed E-state index contributed by atoms with van der Waals surface area (Å²) in [5, 5.41) is -0.160. The van der Waals surface area contributed by atoms with Gasteiger partial charge in [-0.05, 0) is 52.7 Å². The number of carbonyl (C=O) groups excluding carboxylic acids is 2. The number of ether oxygens (including phenoxy) is 1. The Morgan fingerprint density at radius 2 is 1.43 bits per heavy atom. The van der Waals surface area contributed by atoms with Crippen molar-refractivity contribution in [3.63, 3.8) is 0 Å². The number of rotatable bonds is 7. The van der Waals surface area contributed by atoms with Gasteiger partial charge in [-0.3, -0.25) is 9.59 Å². The molecule has 5 rings (SSSR count). The molecule has 37 heavy (non-hydrogen) atoms. The largest absolute Gasteiger partial charge is 0.497 e. The Morgan fingerprint density at radius 1 is 0.865 bits per heavy atom. The van der Waals surface area contributed by atoms with Gasteiger partial charge in [0, 0.05) is 19.3 Å². The minimum absolute atomic E-state index is 0.114. The van der Waals surface area contributed by atoms with Gasteiger partial charge in [-0.1, -0.05) is 91.0 Å². The van der Waals surface area contributed by atoms with E-state index in [0.717, 1.165) is 39.9 Å². The van der Waals surface area contributed by atoms with Crippen LogP contribution in [0.2, 0.25) is 0 Å². The van der Waals surface area contributed by atoms with Crippen LogP contribution in [0.15, 0.2) is 115 Å². The van der Waals surface area contributed by atoms with Crippen LogP contribution in [0.25, 0.3) is 0 Å². The number of methoxy groups -OCH3 is 1. The van der Waals surface area contributed by atoms with Crippen molar-refractivity contribution < 1.29 is 14.3 Å². The zero-order valence-corrected chi connectivity index (χ0v) is 21.6. The summed E-state index contributed by atoms with van der Waals surface area (Å²) in [7, 11) is 3.41. The van der Waals surface area contributed by atoms with E-state index < -0.39 is 10.8 Å². The number of anilines is 1. The standard InChI is InChI=1S/C31H28N2O3S/c1-32(22-23-12-6-3-7-13-23)30(35)37-31(25-14-8-4-9-15-25)28(24-18-20-27(36-2)21-19-24)33(29(31)34)26-16-10-5-11-17-26/h3-21,28H,22H2,1-2H3/t28-,31+/m1/s1. The summed E-state index contributed by atoms with van der Waals surface area (Å²) < 4.78 is 4.26. The monoisotopic (exact) mass is 508 g/mol. The lowest BCUT2D eigenvalue weighted by Crippen LogP contribution is -2.65. The molecule has 0 saturated carbocycles. The van der Waals surface area contributed by atoms with Crippen LogP contribution >= 0.6 is 11.8 Å². The van der Waals surface area contributed by atoms with Gasteiger partial charge in [0.15, 0.2) is 4.75 Å². The SMILES string of the molecule is COc1ccc([C@H]2N(c3ccccc3)C(=O)[C@]2(SC(=O)N(C)Cc2ccccc2)c2ccccc2)cc1. The molecule has 1 aliphatic heterocycles. The summed E-state index contributed by atoms with van der Waals surface area (Å²) >= 11 is 1.10. The van der Waals surface area contributed by atoms with Crippen LogP contribution in [0, 0.1) is 0 Å². The average Bonchev–Trinajstić information content (AvgIpc) is 2.95. The third-order valence-electron chi connectivity index (χ3n) is 6.67. The first kappa shape index (κ1) is 24.7. The first-order chi connectivity index (χ1) is 18.0. The highest BCUT2D eigenvalue weighted by Gasteiger charge is 2.64. The molecule has 1 fully saturated rings. The molecule has 0 aliphatic carbocycles.